The molecule has 5 heteroatoms. The van der Waals surface area contributed by atoms with Gasteiger partial charge >= 0.3 is 5.97 Å². The fourth-order valence-corrected chi connectivity index (χ4v) is 1.96. The molecular weight excluding hydrogens is 334 g/mol. The SMILES string of the molecule is Cc1ccc(OCc2ccc(Br)cc2)c(C=CC(=O)O)n1. The molecule has 4 nitrogen and oxygen atoms in total. The molecule has 0 radical (unpaired) electrons. The zero-order chi connectivity index (χ0) is 15.2. The molecule has 0 aliphatic carbocycles. The van der Waals surface area contributed by atoms with E-state index in [0.717, 1.165) is 21.8 Å². The van der Waals surface area contributed by atoms with Gasteiger partial charge in [-0.3, -0.25) is 0 Å². The van der Waals surface area contributed by atoms with E-state index in [1.54, 1.807) is 6.07 Å². The first-order chi connectivity index (χ1) is 10.0. The summed E-state index contributed by atoms with van der Waals surface area (Å²) in [6.45, 7) is 2.24. The van der Waals surface area contributed by atoms with E-state index in [-0.39, 0.29) is 0 Å². The number of aliphatic carboxylic acids is 1. The Morgan fingerprint density at radius 3 is 2.67 bits per heavy atom. The number of pyridine rings is 1. The summed E-state index contributed by atoms with van der Waals surface area (Å²) in [5.41, 5.74) is 2.33. The number of benzene rings is 1. The fourth-order valence-electron chi connectivity index (χ4n) is 1.70. The van der Waals surface area contributed by atoms with Gasteiger partial charge in [0, 0.05) is 16.2 Å². The summed E-state index contributed by atoms with van der Waals surface area (Å²) in [6.07, 6.45) is 2.49. The highest BCUT2D eigenvalue weighted by atomic mass is 79.9. The molecule has 2 rings (SSSR count). The van der Waals surface area contributed by atoms with Crippen molar-refractivity contribution in [2.75, 3.05) is 0 Å². The second kappa shape index (κ2) is 7.04. The van der Waals surface area contributed by atoms with E-state index in [4.69, 9.17) is 9.84 Å². The number of rotatable bonds is 5. The number of nitrogens with zero attached hydrogens (tertiary/aromatic N) is 1. The number of hydrogen-bond acceptors (Lipinski definition) is 3. The normalized spacial score (nSPS) is 10.8. The lowest BCUT2D eigenvalue weighted by atomic mass is 10.2. The summed E-state index contributed by atoms with van der Waals surface area (Å²) >= 11 is 3.38. The summed E-state index contributed by atoms with van der Waals surface area (Å²) in [6, 6.07) is 11.4. The minimum atomic E-state index is -1.02. The number of halogens is 1. The maximum absolute atomic E-state index is 10.6. The number of hydrogen-bond donors (Lipinski definition) is 1. The van der Waals surface area contributed by atoms with Crippen LogP contribution in [0.15, 0.2) is 46.9 Å². The number of carbonyl (C=O) groups is 1. The predicted molar refractivity (Wildman–Crippen MR) is 84.1 cm³/mol. The molecule has 1 heterocycles. The van der Waals surface area contributed by atoms with Gasteiger partial charge in [0.05, 0.1) is 0 Å². The average Bonchev–Trinajstić information content (AvgIpc) is 2.45. The van der Waals surface area contributed by atoms with Crippen LogP contribution in [0.5, 0.6) is 5.75 Å². The summed E-state index contributed by atoms with van der Waals surface area (Å²) in [5, 5.41) is 8.71. The molecular formula is C16H14BrNO3. The van der Waals surface area contributed by atoms with E-state index in [0.29, 0.717) is 18.1 Å². The van der Waals surface area contributed by atoms with Crippen LogP contribution >= 0.6 is 15.9 Å². The molecule has 0 aliphatic rings. The molecule has 0 saturated heterocycles. The first-order valence-corrected chi connectivity index (χ1v) is 7.10. The lowest BCUT2D eigenvalue weighted by molar-refractivity contribution is -0.131. The Morgan fingerprint density at radius 1 is 1.29 bits per heavy atom. The van der Waals surface area contributed by atoms with Crippen LogP contribution in [0.3, 0.4) is 0 Å². The molecule has 21 heavy (non-hydrogen) atoms. The summed E-state index contributed by atoms with van der Waals surface area (Å²) in [5.74, 6) is -0.460. The van der Waals surface area contributed by atoms with Crippen molar-refractivity contribution in [1.82, 2.24) is 4.98 Å². The second-order valence-corrected chi connectivity index (χ2v) is 5.34. The Balaban J connectivity index is 2.15. The van der Waals surface area contributed by atoms with Crippen molar-refractivity contribution in [1.29, 1.82) is 0 Å². The lowest BCUT2D eigenvalue weighted by Gasteiger charge is -2.09. The van der Waals surface area contributed by atoms with Crippen LogP contribution in [0.25, 0.3) is 6.08 Å². The maximum Gasteiger partial charge on any atom is 0.328 e. The van der Waals surface area contributed by atoms with Crippen LogP contribution in [0.2, 0.25) is 0 Å². The molecule has 1 N–H and O–H groups in total. The molecule has 0 bridgehead atoms. The number of ether oxygens (including phenoxy) is 1. The molecule has 0 spiro atoms. The standard InChI is InChI=1S/C16H14BrNO3/c1-11-2-8-15(14(18-11)7-9-16(19)20)21-10-12-3-5-13(17)6-4-12/h2-9H,10H2,1H3,(H,19,20). The van der Waals surface area contributed by atoms with Crippen molar-refractivity contribution in [3.8, 4) is 5.75 Å². The van der Waals surface area contributed by atoms with Crippen LogP contribution in [0.1, 0.15) is 17.0 Å². The lowest BCUT2D eigenvalue weighted by Crippen LogP contribution is -1.99. The number of carboxylic acid groups (broad SMARTS) is 1. The molecule has 1 aromatic carbocycles. The van der Waals surface area contributed by atoms with Crippen LogP contribution in [0, 0.1) is 6.92 Å². The number of carboxylic acids is 1. The third kappa shape index (κ3) is 4.72. The third-order valence-electron chi connectivity index (χ3n) is 2.72. The number of aromatic nitrogens is 1. The Hall–Kier alpha value is -2.14. The minimum absolute atomic E-state index is 0.395. The molecule has 0 amide bonds. The number of aryl methyl sites for hydroxylation is 1. The molecule has 108 valence electrons. The highest BCUT2D eigenvalue weighted by Gasteiger charge is 2.04. The highest BCUT2D eigenvalue weighted by Crippen LogP contribution is 2.20. The van der Waals surface area contributed by atoms with Gasteiger partial charge in [0.2, 0.25) is 0 Å². The van der Waals surface area contributed by atoms with E-state index >= 15 is 0 Å². The van der Waals surface area contributed by atoms with Gasteiger partial charge in [0.1, 0.15) is 18.1 Å². The topological polar surface area (TPSA) is 59.4 Å². The second-order valence-electron chi connectivity index (χ2n) is 4.42. The molecule has 0 atom stereocenters. The van der Waals surface area contributed by atoms with Crippen molar-refractivity contribution in [2.24, 2.45) is 0 Å². The smallest absolute Gasteiger partial charge is 0.328 e. The van der Waals surface area contributed by atoms with Gasteiger partial charge in [-0.25, -0.2) is 9.78 Å². The Bertz CT molecular complexity index is 666. The zero-order valence-corrected chi connectivity index (χ0v) is 13.0. The summed E-state index contributed by atoms with van der Waals surface area (Å²) in [4.78, 5) is 14.9. The Labute approximate surface area is 131 Å². The van der Waals surface area contributed by atoms with Gasteiger partial charge < -0.3 is 9.84 Å². The highest BCUT2D eigenvalue weighted by molar-refractivity contribution is 9.10. The van der Waals surface area contributed by atoms with Crippen molar-refractivity contribution in [3.63, 3.8) is 0 Å². The molecule has 0 fully saturated rings. The van der Waals surface area contributed by atoms with Gasteiger partial charge in [0.25, 0.3) is 0 Å². The molecule has 0 saturated carbocycles. The van der Waals surface area contributed by atoms with Crippen molar-refractivity contribution >= 4 is 28.0 Å². The van der Waals surface area contributed by atoms with E-state index in [2.05, 4.69) is 20.9 Å². The average molecular weight is 348 g/mol. The van der Waals surface area contributed by atoms with E-state index in [1.807, 2.05) is 37.3 Å². The van der Waals surface area contributed by atoms with Crippen molar-refractivity contribution in [3.05, 3.63) is 63.9 Å². The van der Waals surface area contributed by atoms with Gasteiger partial charge in [-0.05, 0) is 42.8 Å². The van der Waals surface area contributed by atoms with E-state index in [1.165, 1.54) is 6.08 Å². The van der Waals surface area contributed by atoms with Crippen LogP contribution in [-0.4, -0.2) is 16.1 Å². The monoisotopic (exact) mass is 347 g/mol. The third-order valence-corrected chi connectivity index (χ3v) is 3.25. The molecule has 0 aliphatic heterocycles. The molecule has 1 aromatic heterocycles. The van der Waals surface area contributed by atoms with Crippen LogP contribution in [-0.2, 0) is 11.4 Å². The zero-order valence-electron chi connectivity index (χ0n) is 11.4. The first kappa shape index (κ1) is 15.3. The molecule has 2 aromatic rings. The maximum atomic E-state index is 10.6. The fraction of sp³-hybridized carbons (Fsp3) is 0.125. The molecule has 0 unspecified atom stereocenters. The Kier molecular flexibility index (Phi) is 5.11. The first-order valence-electron chi connectivity index (χ1n) is 6.30. The predicted octanol–water partition coefficient (Wildman–Crippen LogP) is 3.83. The van der Waals surface area contributed by atoms with Crippen molar-refractivity contribution in [2.45, 2.75) is 13.5 Å². The summed E-state index contributed by atoms with van der Waals surface area (Å²) < 4.78 is 6.74. The Morgan fingerprint density at radius 2 is 2.00 bits per heavy atom. The van der Waals surface area contributed by atoms with Gasteiger partial charge in [-0.15, -0.1) is 0 Å². The quantitative estimate of drug-likeness (QED) is 0.835. The van der Waals surface area contributed by atoms with Gasteiger partial charge in [-0.1, -0.05) is 28.1 Å². The van der Waals surface area contributed by atoms with Gasteiger partial charge in [-0.2, -0.15) is 0 Å². The van der Waals surface area contributed by atoms with E-state index < -0.39 is 5.97 Å². The van der Waals surface area contributed by atoms with Crippen molar-refractivity contribution < 1.29 is 14.6 Å². The van der Waals surface area contributed by atoms with Crippen LogP contribution in [0.4, 0.5) is 0 Å². The van der Waals surface area contributed by atoms with Crippen LogP contribution < -0.4 is 4.74 Å². The summed E-state index contributed by atoms with van der Waals surface area (Å²) in [7, 11) is 0. The van der Waals surface area contributed by atoms with Gasteiger partial charge in [0.15, 0.2) is 0 Å². The van der Waals surface area contributed by atoms with E-state index in [9.17, 15) is 4.79 Å². The minimum Gasteiger partial charge on any atom is -0.487 e. The largest absolute Gasteiger partial charge is 0.487 e.